The number of nitrogens with zero attached hydrogens (tertiary/aromatic N) is 3. The number of likely N-dealkylation sites (N-methyl/N-ethyl adjacent to an activating group) is 1. The van der Waals surface area contributed by atoms with E-state index in [0.717, 1.165) is 67.8 Å². The fourth-order valence-corrected chi connectivity index (χ4v) is 6.16. The Labute approximate surface area is 231 Å². The second-order valence-electron chi connectivity index (χ2n) is 9.86. The van der Waals surface area contributed by atoms with Crippen molar-refractivity contribution < 1.29 is 9.47 Å². The van der Waals surface area contributed by atoms with Crippen molar-refractivity contribution in [2.24, 2.45) is 0 Å². The lowest BCUT2D eigenvalue weighted by molar-refractivity contribution is 0.290. The smallest absolute Gasteiger partial charge is 0.145 e. The summed E-state index contributed by atoms with van der Waals surface area (Å²) in [5.41, 5.74) is 6.21. The molecule has 0 amide bonds. The first kappa shape index (κ1) is 26.5. The normalized spacial score (nSPS) is 15.5. The summed E-state index contributed by atoms with van der Waals surface area (Å²) in [5.74, 6) is 1.64. The van der Waals surface area contributed by atoms with E-state index in [2.05, 4.69) is 76.7 Å². The number of hydrogen-bond acceptors (Lipinski definition) is 4. The molecule has 5 rings (SSSR count). The van der Waals surface area contributed by atoms with E-state index in [4.69, 9.17) is 21.1 Å². The number of fused-ring (bicyclic) bond motifs is 1. The predicted molar refractivity (Wildman–Crippen MR) is 159 cm³/mol. The molecule has 0 saturated carbocycles. The minimum Gasteiger partial charge on any atom is -0.497 e. The Morgan fingerprint density at radius 1 is 0.947 bits per heavy atom. The van der Waals surface area contributed by atoms with Crippen LogP contribution in [0.3, 0.4) is 0 Å². The fraction of sp³-hybridized carbons (Fsp3) is 0.375. The Bertz CT molecular complexity index is 1380. The van der Waals surface area contributed by atoms with Crippen LogP contribution in [0.2, 0.25) is 5.02 Å². The maximum atomic E-state index is 6.61. The summed E-state index contributed by atoms with van der Waals surface area (Å²) in [6.45, 7) is 9.46. The van der Waals surface area contributed by atoms with E-state index in [1.54, 1.807) is 14.2 Å². The average Bonchev–Trinajstić information content (AvgIpc) is 3.56. The van der Waals surface area contributed by atoms with Gasteiger partial charge >= 0.3 is 0 Å². The van der Waals surface area contributed by atoms with Gasteiger partial charge in [-0.2, -0.15) is 0 Å². The Hall–Kier alpha value is -3.15. The van der Waals surface area contributed by atoms with Crippen LogP contribution in [0, 0.1) is 0 Å². The van der Waals surface area contributed by atoms with Crippen LogP contribution in [0.1, 0.15) is 38.4 Å². The van der Waals surface area contributed by atoms with Crippen LogP contribution in [0.4, 0.5) is 5.69 Å². The highest BCUT2D eigenvalue weighted by molar-refractivity contribution is 6.31. The third kappa shape index (κ3) is 4.97. The summed E-state index contributed by atoms with van der Waals surface area (Å²) in [6.07, 6.45) is 2.19. The summed E-state index contributed by atoms with van der Waals surface area (Å²) in [4.78, 5) is 5.01. The Kier molecular flexibility index (Phi) is 8.15. The van der Waals surface area contributed by atoms with Gasteiger partial charge in [-0.25, -0.2) is 0 Å². The quantitative estimate of drug-likeness (QED) is 0.210. The van der Waals surface area contributed by atoms with Gasteiger partial charge in [0.15, 0.2) is 0 Å². The molecule has 2 heterocycles. The topological polar surface area (TPSA) is 29.9 Å². The maximum absolute atomic E-state index is 6.61. The van der Waals surface area contributed by atoms with Gasteiger partial charge in [0, 0.05) is 52.9 Å². The van der Waals surface area contributed by atoms with Gasteiger partial charge in [0.1, 0.15) is 11.5 Å². The summed E-state index contributed by atoms with van der Waals surface area (Å²) in [7, 11) is 3.43. The van der Waals surface area contributed by atoms with Gasteiger partial charge in [-0.05, 0) is 61.8 Å². The van der Waals surface area contributed by atoms with E-state index < -0.39 is 0 Å². The van der Waals surface area contributed by atoms with Gasteiger partial charge in [0.05, 0.1) is 25.9 Å². The Morgan fingerprint density at radius 3 is 2.45 bits per heavy atom. The number of aromatic nitrogens is 1. The lowest BCUT2D eigenvalue weighted by Crippen LogP contribution is -2.29. The molecule has 4 aromatic rings. The van der Waals surface area contributed by atoms with E-state index >= 15 is 0 Å². The largest absolute Gasteiger partial charge is 0.497 e. The van der Waals surface area contributed by atoms with Crippen LogP contribution < -0.4 is 14.4 Å². The molecule has 1 saturated heterocycles. The van der Waals surface area contributed by atoms with Crippen molar-refractivity contribution in [1.82, 2.24) is 9.47 Å². The Balaban J connectivity index is 1.72. The molecule has 38 heavy (non-hydrogen) atoms. The highest BCUT2D eigenvalue weighted by Gasteiger charge is 2.34. The second-order valence-corrected chi connectivity index (χ2v) is 10.3. The monoisotopic (exact) mass is 531 g/mol. The predicted octanol–water partition coefficient (Wildman–Crippen LogP) is 7.66. The first-order valence-electron chi connectivity index (χ1n) is 13.7. The third-order valence-electron chi connectivity index (χ3n) is 7.93. The number of anilines is 1. The van der Waals surface area contributed by atoms with Crippen molar-refractivity contribution >= 4 is 28.2 Å². The molecule has 0 N–H and O–H groups in total. The molecule has 0 spiro atoms. The van der Waals surface area contributed by atoms with E-state index in [1.165, 1.54) is 27.7 Å². The van der Waals surface area contributed by atoms with Crippen molar-refractivity contribution in [1.29, 1.82) is 0 Å². The van der Waals surface area contributed by atoms with Crippen LogP contribution in [-0.2, 0) is 6.54 Å². The first-order valence-corrected chi connectivity index (χ1v) is 14.0. The van der Waals surface area contributed by atoms with Gasteiger partial charge in [-0.1, -0.05) is 55.8 Å². The Morgan fingerprint density at radius 2 is 1.74 bits per heavy atom. The number of hydrogen-bond donors (Lipinski definition) is 0. The number of benzene rings is 3. The van der Waals surface area contributed by atoms with Gasteiger partial charge in [0.2, 0.25) is 0 Å². The standard InChI is InChI=1S/C32H38ClN3O2/c1-5-34(6-2)19-20-36-27-16-14-24(33)21-26(27)31(23-11-8-7-9-12-23)32(36)29-13-10-18-35(29)28-17-15-25(37-3)22-30(28)38-4/h7-9,11-12,14-17,21-22,29H,5-6,10,13,18-20H2,1-4H3. The molecule has 1 aliphatic heterocycles. The van der Waals surface area contributed by atoms with Gasteiger partial charge in [-0.3, -0.25) is 0 Å². The molecule has 6 heteroatoms. The molecule has 5 nitrogen and oxygen atoms in total. The lowest BCUT2D eigenvalue weighted by atomic mass is 9.97. The van der Waals surface area contributed by atoms with Crippen LogP contribution in [0.25, 0.3) is 22.0 Å². The third-order valence-corrected chi connectivity index (χ3v) is 8.16. The highest BCUT2D eigenvalue weighted by atomic mass is 35.5. The van der Waals surface area contributed by atoms with Crippen LogP contribution in [-0.4, -0.2) is 49.9 Å². The highest BCUT2D eigenvalue weighted by Crippen LogP contribution is 2.47. The zero-order valence-corrected chi connectivity index (χ0v) is 23.7. The van der Waals surface area contributed by atoms with Crippen molar-refractivity contribution in [2.75, 3.05) is 45.3 Å². The molecular formula is C32H38ClN3O2. The molecule has 1 unspecified atom stereocenters. The van der Waals surface area contributed by atoms with Crippen molar-refractivity contribution in [3.63, 3.8) is 0 Å². The summed E-state index contributed by atoms with van der Waals surface area (Å²) in [6, 6.07) is 23.5. The van der Waals surface area contributed by atoms with Gasteiger partial charge in [0.25, 0.3) is 0 Å². The molecule has 3 aromatic carbocycles. The summed E-state index contributed by atoms with van der Waals surface area (Å²) >= 11 is 6.61. The summed E-state index contributed by atoms with van der Waals surface area (Å²) in [5, 5.41) is 1.98. The van der Waals surface area contributed by atoms with E-state index in [0.29, 0.717) is 0 Å². The number of ether oxygens (including phenoxy) is 2. The second kappa shape index (κ2) is 11.7. The van der Waals surface area contributed by atoms with Crippen molar-refractivity contribution in [3.8, 4) is 22.6 Å². The van der Waals surface area contributed by atoms with Gasteiger partial charge < -0.3 is 23.8 Å². The molecule has 1 aromatic heterocycles. The van der Waals surface area contributed by atoms with E-state index in [-0.39, 0.29) is 6.04 Å². The number of halogens is 1. The number of rotatable bonds is 10. The zero-order chi connectivity index (χ0) is 26.6. The molecule has 0 aliphatic carbocycles. The minimum atomic E-state index is 0.204. The zero-order valence-electron chi connectivity index (χ0n) is 22.9. The van der Waals surface area contributed by atoms with Gasteiger partial charge in [-0.15, -0.1) is 0 Å². The lowest BCUT2D eigenvalue weighted by Gasteiger charge is -2.31. The molecule has 1 atom stereocenters. The van der Waals surface area contributed by atoms with Crippen LogP contribution in [0.5, 0.6) is 11.5 Å². The SMILES string of the molecule is CCN(CC)CCn1c(C2CCCN2c2ccc(OC)cc2OC)c(-c2ccccc2)c2cc(Cl)ccc21. The minimum absolute atomic E-state index is 0.204. The van der Waals surface area contributed by atoms with Crippen LogP contribution in [0.15, 0.2) is 66.7 Å². The average molecular weight is 532 g/mol. The maximum Gasteiger partial charge on any atom is 0.145 e. The van der Waals surface area contributed by atoms with E-state index in [9.17, 15) is 0 Å². The fourth-order valence-electron chi connectivity index (χ4n) is 5.98. The molecule has 200 valence electrons. The molecule has 0 radical (unpaired) electrons. The van der Waals surface area contributed by atoms with E-state index in [1.807, 2.05) is 18.2 Å². The van der Waals surface area contributed by atoms with Crippen molar-refractivity contribution in [2.45, 2.75) is 39.3 Å². The summed E-state index contributed by atoms with van der Waals surface area (Å²) < 4.78 is 13.9. The molecular weight excluding hydrogens is 494 g/mol. The van der Waals surface area contributed by atoms with Crippen molar-refractivity contribution in [3.05, 3.63) is 77.4 Å². The molecule has 0 bridgehead atoms. The molecule has 1 aliphatic rings. The molecule has 1 fully saturated rings. The van der Waals surface area contributed by atoms with Crippen LogP contribution >= 0.6 is 11.6 Å². The number of methoxy groups -OCH3 is 2. The first-order chi connectivity index (χ1) is 18.6.